The smallest absolute Gasteiger partial charge is 0.336 e. The molecule has 0 amide bonds. The zero-order chi connectivity index (χ0) is 16.0. The second-order valence-electron chi connectivity index (χ2n) is 5.31. The molecular formula is C18H12N2O3. The van der Waals surface area contributed by atoms with Gasteiger partial charge in [0.1, 0.15) is 17.0 Å². The minimum absolute atomic E-state index is 0.126. The fourth-order valence-corrected chi connectivity index (χ4v) is 2.79. The highest BCUT2D eigenvalue weighted by Gasteiger charge is 2.15. The first kappa shape index (κ1) is 13.5. The highest BCUT2D eigenvalue weighted by Crippen LogP contribution is 2.35. The number of hydrogen-bond acceptors (Lipinski definition) is 5. The van der Waals surface area contributed by atoms with Crippen LogP contribution in [0.15, 0.2) is 57.7 Å². The molecule has 0 aliphatic heterocycles. The van der Waals surface area contributed by atoms with Crippen LogP contribution in [0.5, 0.6) is 5.75 Å². The normalized spacial score (nSPS) is 11.2. The zero-order valence-corrected chi connectivity index (χ0v) is 12.3. The Kier molecular flexibility index (Phi) is 2.87. The number of aromatic hydroxyl groups is 1. The van der Waals surface area contributed by atoms with Gasteiger partial charge in [-0.15, -0.1) is 5.10 Å². The lowest BCUT2D eigenvalue weighted by Gasteiger charge is -2.10. The third kappa shape index (κ3) is 2.05. The van der Waals surface area contributed by atoms with E-state index in [0.29, 0.717) is 22.5 Å². The molecule has 2 heterocycles. The molecule has 0 fully saturated rings. The summed E-state index contributed by atoms with van der Waals surface area (Å²) in [7, 11) is 0. The Hall–Kier alpha value is -3.21. The first-order valence-corrected chi connectivity index (χ1v) is 7.13. The van der Waals surface area contributed by atoms with Crippen LogP contribution in [0.25, 0.3) is 33.0 Å². The van der Waals surface area contributed by atoms with Crippen molar-refractivity contribution >= 4 is 21.7 Å². The number of hydrogen-bond donors (Lipinski definition) is 1. The minimum atomic E-state index is -0.412. The van der Waals surface area contributed by atoms with Crippen molar-refractivity contribution in [2.45, 2.75) is 6.92 Å². The Bertz CT molecular complexity index is 1120. The van der Waals surface area contributed by atoms with E-state index in [-0.39, 0.29) is 5.75 Å². The number of phenols is 1. The molecule has 23 heavy (non-hydrogen) atoms. The Balaban J connectivity index is 2.19. The van der Waals surface area contributed by atoms with E-state index in [0.717, 1.165) is 16.2 Å². The van der Waals surface area contributed by atoms with Crippen LogP contribution in [0, 0.1) is 6.92 Å². The number of aromatic nitrogens is 2. The summed E-state index contributed by atoms with van der Waals surface area (Å²) >= 11 is 0. The molecule has 0 aliphatic carbocycles. The van der Waals surface area contributed by atoms with E-state index < -0.39 is 5.63 Å². The molecule has 0 saturated carbocycles. The van der Waals surface area contributed by atoms with Gasteiger partial charge in [-0.3, -0.25) is 0 Å². The van der Waals surface area contributed by atoms with Gasteiger partial charge in [-0.1, -0.05) is 24.3 Å². The molecule has 0 spiro atoms. The van der Waals surface area contributed by atoms with Gasteiger partial charge >= 0.3 is 5.63 Å². The topological polar surface area (TPSA) is 76.2 Å². The first-order valence-electron chi connectivity index (χ1n) is 7.13. The number of para-hydroxylation sites is 1. The van der Waals surface area contributed by atoms with E-state index in [1.165, 1.54) is 6.07 Å². The first-order chi connectivity index (χ1) is 11.1. The van der Waals surface area contributed by atoms with E-state index in [9.17, 15) is 9.90 Å². The average Bonchev–Trinajstić information content (AvgIpc) is 2.55. The van der Waals surface area contributed by atoms with Crippen molar-refractivity contribution in [3.05, 3.63) is 64.6 Å². The second-order valence-corrected chi connectivity index (χ2v) is 5.31. The number of nitrogens with zero attached hydrogens (tertiary/aromatic N) is 2. The maximum atomic E-state index is 11.6. The van der Waals surface area contributed by atoms with Crippen LogP contribution < -0.4 is 5.63 Å². The SMILES string of the molecule is Cc1nnc(-c2ccccc2O)c2ccc3ccc(=O)oc3c12. The fraction of sp³-hybridized carbons (Fsp3) is 0.0556. The number of aryl methyl sites for hydroxylation is 1. The summed E-state index contributed by atoms with van der Waals surface area (Å²) in [6.07, 6.45) is 0. The van der Waals surface area contributed by atoms with Gasteiger partial charge in [0, 0.05) is 22.4 Å². The molecule has 2 aromatic heterocycles. The lowest BCUT2D eigenvalue weighted by atomic mass is 10.0. The van der Waals surface area contributed by atoms with E-state index in [4.69, 9.17) is 4.42 Å². The average molecular weight is 304 g/mol. The van der Waals surface area contributed by atoms with Crippen molar-refractivity contribution < 1.29 is 9.52 Å². The molecule has 0 radical (unpaired) electrons. The van der Waals surface area contributed by atoms with Crippen molar-refractivity contribution in [3.63, 3.8) is 0 Å². The van der Waals surface area contributed by atoms with Gasteiger partial charge in [0.2, 0.25) is 0 Å². The fourth-order valence-electron chi connectivity index (χ4n) is 2.79. The molecule has 0 bridgehead atoms. The maximum Gasteiger partial charge on any atom is 0.336 e. The van der Waals surface area contributed by atoms with E-state index >= 15 is 0 Å². The highest BCUT2D eigenvalue weighted by atomic mass is 16.4. The number of benzene rings is 2. The predicted molar refractivity (Wildman–Crippen MR) is 87.4 cm³/mol. The minimum Gasteiger partial charge on any atom is -0.507 e. The summed E-state index contributed by atoms with van der Waals surface area (Å²) in [4.78, 5) is 11.6. The summed E-state index contributed by atoms with van der Waals surface area (Å²) < 4.78 is 5.39. The summed E-state index contributed by atoms with van der Waals surface area (Å²) in [5.41, 5.74) is 1.88. The molecule has 5 nitrogen and oxygen atoms in total. The van der Waals surface area contributed by atoms with Gasteiger partial charge in [0.25, 0.3) is 0 Å². The molecule has 4 aromatic rings. The van der Waals surface area contributed by atoms with Crippen LogP contribution >= 0.6 is 0 Å². The molecule has 5 heteroatoms. The van der Waals surface area contributed by atoms with Gasteiger partial charge in [-0.25, -0.2) is 4.79 Å². The van der Waals surface area contributed by atoms with Gasteiger partial charge in [0.05, 0.1) is 11.1 Å². The molecule has 0 saturated heterocycles. The van der Waals surface area contributed by atoms with Crippen LogP contribution in [-0.4, -0.2) is 15.3 Å². The number of rotatable bonds is 1. The third-order valence-corrected chi connectivity index (χ3v) is 3.87. The third-order valence-electron chi connectivity index (χ3n) is 3.87. The summed E-state index contributed by atoms with van der Waals surface area (Å²) in [6.45, 7) is 1.82. The Morgan fingerprint density at radius 2 is 1.78 bits per heavy atom. The molecule has 0 aliphatic rings. The van der Waals surface area contributed by atoms with Gasteiger partial charge < -0.3 is 9.52 Å². The van der Waals surface area contributed by atoms with Crippen molar-refractivity contribution in [1.82, 2.24) is 10.2 Å². The van der Waals surface area contributed by atoms with Crippen molar-refractivity contribution in [2.75, 3.05) is 0 Å². The van der Waals surface area contributed by atoms with E-state index in [1.807, 2.05) is 25.1 Å². The zero-order valence-electron chi connectivity index (χ0n) is 12.3. The Labute approximate surface area is 130 Å². The molecule has 2 aromatic carbocycles. The molecule has 0 atom stereocenters. The van der Waals surface area contributed by atoms with Gasteiger partial charge in [-0.05, 0) is 25.1 Å². The molecule has 4 rings (SSSR count). The van der Waals surface area contributed by atoms with Crippen molar-refractivity contribution in [3.8, 4) is 17.0 Å². The van der Waals surface area contributed by atoms with Crippen LogP contribution in [0.2, 0.25) is 0 Å². The van der Waals surface area contributed by atoms with Crippen LogP contribution in [-0.2, 0) is 0 Å². The van der Waals surface area contributed by atoms with Gasteiger partial charge in [0.15, 0.2) is 0 Å². The van der Waals surface area contributed by atoms with Crippen molar-refractivity contribution in [1.29, 1.82) is 0 Å². The lowest BCUT2D eigenvalue weighted by Crippen LogP contribution is -1.98. The summed E-state index contributed by atoms with van der Waals surface area (Å²) in [5.74, 6) is 0.126. The molecule has 1 N–H and O–H groups in total. The molecule has 112 valence electrons. The monoisotopic (exact) mass is 304 g/mol. The summed E-state index contributed by atoms with van der Waals surface area (Å²) in [5, 5.41) is 20.9. The second kappa shape index (κ2) is 4.91. The van der Waals surface area contributed by atoms with Crippen LogP contribution in [0.3, 0.4) is 0 Å². The predicted octanol–water partition coefficient (Wildman–Crippen LogP) is 3.42. The molecule has 0 unspecified atom stereocenters. The standard InChI is InChI=1S/C18H12N2O3/c1-10-16-13(8-6-11-7-9-15(22)23-18(11)16)17(20-19-10)12-4-2-3-5-14(12)21/h2-9,21H,1H3. The maximum absolute atomic E-state index is 11.6. The largest absolute Gasteiger partial charge is 0.507 e. The van der Waals surface area contributed by atoms with E-state index in [2.05, 4.69) is 10.2 Å². The highest BCUT2D eigenvalue weighted by molar-refractivity contribution is 6.09. The molecular weight excluding hydrogens is 292 g/mol. The number of fused-ring (bicyclic) bond motifs is 3. The van der Waals surface area contributed by atoms with Crippen LogP contribution in [0.4, 0.5) is 0 Å². The van der Waals surface area contributed by atoms with Gasteiger partial charge in [-0.2, -0.15) is 5.10 Å². The quantitative estimate of drug-likeness (QED) is 0.431. The van der Waals surface area contributed by atoms with Crippen molar-refractivity contribution in [2.24, 2.45) is 0 Å². The van der Waals surface area contributed by atoms with Crippen LogP contribution in [0.1, 0.15) is 5.69 Å². The Morgan fingerprint density at radius 1 is 1.00 bits per heavy atom. The summed E-state index contributed by atoms with van der Waals surface area (Å²) in [6, 6.07) is 13.8. The Morgan fingerprint density at radius 3 is 2.61 bits per heavy atom. The number of phenolic OH excluding ortho intramolecular Hbond substituents is 1. The lowest BCUT2D eigenvalue weighted by molar-refractivity contribution is 0.477. The van der Waals surface area contributed by atoms with E-state index in [1.54, 1.807) is 24.3 Å².